The maximum Gasteiger partial charge on any atom is 0.317 e. The molecule has 0 unspecified atom stereocenters. The molecule has 162 valence electrons. The molecule has 1 saturated heterocycles. The highest BCUT2D eigenvalue weighted by atomic mass is 19.3. The number of carbonyl (C=O) groups is 2. The van der Waals surface area contributed by atoms with Crippen LogP contribution in [0.2, 0.25) is 0 Å². The number of ether oxygens (including phenoxy) is 1. The molecule has 2 heterocycles. The first-order valence-electron chi connectivity index (χ1n) is 9.84. The molecule has 0 atom stereocenters. The third-order valence-corrected chi connectivity index (χ3v) is 4.89. The van der Waals surface area contributed by atoms with Crippen molar-refractivity contribution in [2.24, 2.45) is 5.92 Å². The Balaban J connectivity index is 1.39. The molecule has 0 spiro atoms. The third kappa shape index (κ3) is 6.47. The Labute approximate surface area is 173 Å². The summed E-state index contributed by atoms with van der Waals surface area (Å²) in [6.07, 6.45) is 0.206. The minimum Gasteiger partial charge on any atom is -0.488 e. The molecule has 9 heteroatoms. The first-order valence-corrected chi connectivity index (χ1v) is 9.84. The summed E-state index contributed by atoms with van der Waals surface area (Å²) in [7, 11) is 0. The van der Waals surface area contributed by atoms with E-state index in [9.17, 15) is 18.4 Å². The number of alkyl halides is 2. The number of halogens is 2. The quantitative estimate of drug-likeness (QED) is 0.686. The van der Waals surface area contributed by atoms with Crippen LogP contribution in [0, 0.1) is 5.92 Å². The second-order valence-electron chi connectivity index (χ2n) is 7.07. The number of carbonyl (C=O) groups excluding carboxylic acids is 2. The van der Waals surface area contributed by atoms with E-state index in [1.165, 1.54) is 0 Å². The van der Waals surface area contributed by atoms with Gasteiger partial charge >= 0.3 is 6.03 Å². The molecule has 0 radical (unpaired) electrons. The number of benzene rings is 1. The van der Waals surface area contributed by atoms with Crippen molar-refractivity contribution in [2.75, 3.05) is 19.7 Å². The topological polar surface area (TPSA) is 83.8 Å². The highest BCUT2D eigenvalue weighted by Crippen LogP contribution is 2.18. The van der Waals surface area contributed by atoms with Crippen LogP contribution >= 0.6 is 0 Å². The number of urea groups is 1. The lowest BCUT2D eigenvalue weighted by Crippen LogP contribution is -2.46. The van der Waals surface area contributed by atoms with Gasteiger partial charge in [-0.2, -0.15) is 0 Å². The van der Waals surface area contributed by atoms with Crippen molar-refractivity contribution in [3.63, 3.8) is 0 Å². The van der Waals surface area contributed by atoms with Crippen LogP contribution in [0.3, 0.4) is 0 Å². The van der Waals surface area contributed by atoms with Gasteiger partial charge in [-0.25, -0.2) is 13.6 Å². The lowest BCUT2D eigenvalue weighted by Gasteiger charge is -2.31. The number of amides is 3. The Bertz CT molecular complexity index is 821. The van der Waals surface area contributed by atoms with Gasteiger partial charge in [0.05, 0.1) is 12.8 Å². The first-order chi connectivity index (χ1) is 14.5. The molecule has 1 fully saturated rings. The van der Waals surface area contributed by atoms with Crippen LogP contribution in [-0.2, 0) is 17.9 Å². The van der Waals surface area contributed by atoms with E-state index in [1.54, 1.807) is 47.6 Å². The fraction of sp³-hybridized carbons (Fsp3) is 0.429. The van der Waals surface area contributed by atoms with Gasteiger partial charge in [-0.05, 0) is 42.7 Å². The van der Waals surface area contributed by atoms with Gasteiger partial charge in [-0.3, -0.25) is 4.79 Å². The summed E-state index contributed by atoms with van der Waals surface area (Å²) in [6.45, 7) is 0.922. The van der Waals surface area contributed by atoms with Gasteiger partial charge in [-0.15, -0.1) is 0 Å². The summed E-state index contributed by atoms with van der Waals surface area (Å²) in [5, 5.41) is 5.68. The van der Waals surface area contributed by atoms with Crippen LogP contribution in [0.4, 0.5) is 13.6 Å². The summed E-state index contributed by atoms with van der Waals surface area (Å²) in [5.41, 5.74) is 0.752. The van der Waals surface area contributed by atoms with Crippen LogP contribution in [-0.4, -0.2) is 43.0 Å². The predicted octanol–water partition coefficient (Wildman–Crippen LogP) is 3.16. The minimum atomic E-state index is -2.54. The highest BCUT2D eigenvalue weighted by Gasteiger charge is 2.27. The van der Waals surface area contributed by atoms with Crippen molar-refractivity contribution in [1.29, 1.82) is 0 Å². The number of furan rings is 1. The van der Waals surface area contributed by atoms with Gasteiger partial charge < -0.3 is 24.7 Å². The van der Waals surface area contributed by atoms with Crippen molar-refractivity contribution < 1.29 is 27.5 Å². The van der Waals surface area contributed by atoms with E-state index < -0.39 is 13.0 Å². The Morgan fingerprint density at radius 2 is 1.93 bits per heavy atom. The van der Waals surface area contributed by atoms with E-state index >= 15 is 0 Å². The average molecular weight is 421 g/mol. The molecule has 2 aromatic rings. The summed E-state index contributed by atoms with van der Waals surface area (Å²) < 4.78 is 34.7. The number of nitrogens with one attached hydrogen (secondary N) is 2. The largest absolute Gasteiger partial charge is 0.488 e. The number of rotatable bonds is 8. The van der Waals surface area contributed by atoms with E-state index in [0.717, 1.165) is 5.56 Å². The molecule has 1 aromatic heterocycles. The van der Waals surface area contributed by atoms with Crippen LogP contribution in [0.25, 0.3) is 0 Å². The lowest BCUT2D eigenvalue weighted by molar-refractivity contribution is -0.126. The maximum absolute atomic E-state index is 12.4. The van der Waals surface area contributed by atoms with Crippen molar-refractivity contribution in [3.05, 3.63) is 54.0 Å². The van der Waals surface area contributed by atoms with Crippen LogP contribution in [0.15, 0.2) is 47.1 Å². The van der Waals surface area contributed by atoms with E-state index in [0.29, 0.717) is 44.0 Å². The van der Waals surface area contributed by atoms with Gasteiger partial charge in [-0.1, -0.05) is 12.1 Å². The second kappa shape index (κ2) is 10.6. The molecule has 1 aromatic carbocycles. The fourth-order valence-corrected chi connectivity index (χ4v) is 3.27. The molecule has 0 saturated carbocycles. The highest BCUT2D eigenvalue weighted by molar-refractivity contribution is 5.79. The average Bonchev–Trinajstić information content (AvgIpc) is 3.28. The summed E-state index contributed by atoms with van der Waals surface area (Å²) in [4.78, 5) is 26.4. The molecule has 0 aliphatic carbocycles. The number of hydrogen-bond donors (Lipinski definition) is 2. The number of piperidine rings is 1. The van der Waals surface area contributed by atoms with E-state index in [2.05, 4.69) is 10.6 Å². The molecular formula is C21H25F2N3O4. The van der Waals surface area contributed by atoms with Gasteiger partial charge in [0.15, 0.2) is 0 Å². The van der Waals surface area contributed by atoms with E-state index in [4.69, 9.17) is 9.15 Å². The van der Waals surface area contributed by atoms with Crippen molar-refractivity contribution in [1.82, 2.24) is 15.5 Å². The monoisotopic (exact) mass is 421 g/mol. The van der Waals surface area contributed by atoms with E-state index in [-0.39, 0.29) is 24.4 Å². The SMILES string of the molecule is O=C(NCc1ccco1)C1CCN(C(=O)NCc2cccc(OCC(F)F)c2)CC1. The molecule has 30 heavy (non-hydrogen) atoms. The van der Waals surface area contributed by atoms with Crippen LogP contribution in [0.1, 0.15) is 24.2 Å². The summed E-state index contributed by atoms with van der Waals surface area (Å²) >= 11 is 0. The Morgan fingerprint density at radius 3 is 2.63 bits per heavy atom. The van der Waals surface area contributed by atoms with Crippen molar-refractivity contribution in [2.45, 2.75) is 32.4 Å². The van der Waals surface area contributed by atoms with Gasteiger partial charge in [0, 0.05) is 25.6 Å². The molecule has 1 aliphatic heterocycles. The number of likely N-dealkylation sites (tertiary alicyclic amines) is 1. The molecule has 1 aliphatic rings. The van der Waals surface area contributed by atoms with Crippen molar-refractivity contribution >= 4 is 11.9 Å². The second-order valence-corrected chi connectivity index (χ2v) is 7.07. The zero-order valence-electron chi connectivity index (χ0n) is 16.5. The normalized spacial score (nSPS) is 14.6. The van der Waals surface area contributed by atoms with Gasteiger partial charge in [0.1, 0.15) is 18.1 Å². The molecule has 3 amide bonds. The number of hydrogen-bond acceptors (Lipinski definition) is 4. The first kappa shape index (κ1) is 21.6. The van der Waals surface area contributed by atoms with Crippen LogP contribution < -0.4 is 15.4 Å². The molecule has 3 rings (SSSR count). The Hall–Kier alpha value is -3.10. The van der Waals surface area contributed by atoms with Gasteiger partial charge in [0.2, 0.25) is 5.91 Å². The zero-order chi connectivity index (χ0) is 21.3. The molecule has 2 N–H and O–H groups in total. The number of nitrogens with zero attached hydrogens (tertiary/aromatic N) is 1. The minimum absolute atomic E-state index is 0.0351. The zero-order valence-corrected chi connectivity index (χ0v) is 16.5. The Morgan fingerprint density at radius 1 is 1.13 bits per heavy atom. The lowest BCUT2D eigenvalue weighted by atomic mass is 9.96. The third-order valence-electron chi connectivity index (χ3n) is 4.89. The summed E-state index contributed by atoms with van der Waals surface area (Å²) in [6, 6.07) is 10.0. The predicted molar refractivity (Wildman–Crippen MR) is 105 cm³/mol. The van der Waals surface area contributed by atoms with Crippen LogP contribution in [0.5, 0.6) is 5.75 Å². The maximum atomic E-state index is 12.4. The Kier molecular flexibility index (Phi) is 7.64. The molecular weight excluding hydrogens is 396 g/mol. The molecule has 0 bridgehead atoms. The van der Waals surface area contributed by atoms with Crippen molar-refractivity contribution in [3.8, 4) is 5.75 Å². The molecule has 7 nitrogen and oxygen atoms in total. The standard InChI is InChI=1S/C21H25F2N3O4/c22-19(23)14-30-17-4-1-3-15(11-17)12-25-21(28)26-8-6-16(7-9-26)20(27)24-13-18-5-2-10-29-18/h1-5,10-11,16,19H,6-9,12-14H2,(H,24,27)(H,25,28). The smallest absolute Gasteiger partial charge is 0.317 e. The van der Waals surface area contributed by atoms with E-state index in [1.807, 2.05) is 0 Å². The fourth-order valence-electron chi connectivity index (χ4n) is 3.27. The summed E-state index contributed by atoms with van der Waals surface area (Å²) in [5.74, 6) is 0.868. The van der Waals surface area contributed by atoms with Gasteiger partial charge in [0.25, 0.3) is 6.43 Å².